The first-order valence-corrected chi connectivity index (χ1v) is 7.03. The van der Waals surface area contributed by atoms with Gasteiger partial charge in [0, 0.05) is 17.3 Å². The van der Waals surface area contributed by atoms with Gasteiger partial charge in [-0.25, -0.2) is 4.39 Å². The fraction of sp³-hybridized carbons (Fsp3) is 0.286. The summed E-state index contributed by atoms with van der Waals surface area (Å²) >= 11 is 7.54. The fourth-order valence-corrected chi connectivity index (χ4v) is 3.16. The molecule has 0 amide bonds. The first-order chi connectivity index (χ1) is 8.69. The van der Waals surface area contributed by atoms with E-state index in [0.29, 0.717) is 5.92 Å². The van der Waals surface area contributed by atoms with Crippen LogP contribution in [0.25, 0.3) is 0 Å². The van der Waals surface area contributed by atoms with Crippen LogP contribution in [-0.4, -0.2) is 13.6 Å². The minimum Gasteiger partial charge on any atom is -0.319 e. The Bertz CT molecular complexity index is 495. The first kappa shape index (κ1) is 13.5. The largest absolute Gasteiger partial charge is 0.319 e. The van der Waals surface area contributed by atoms with Gasteiger partial charge in [0.25, 0.3) is 0 Å². The molecule has 0 aliphatic rings. The lowest BCUT2D eigenvalue weighted by atomic mass is 9.95. The molecular formula is C14H15ClFNS. The molecule has 96 valence electrons. The molecule has 1 atom stereocenters. The Kier molecular flexibility index (Phi) is 4.75. The second-order valence-corrected chi connectivity index (χ2v) is 6.02. The lowest BCUT2D eigenvalue weighted by molar-refractivity contribution is 0.613. The molecule has 0 aliphatic heterocycles. The van der Waals surface area contributed by atoms with Crippen molar-refractivity contribution < 1.29 is 4.39 Å². The van der Waals surface area contributed by atoms with Crippen LogP contribution in [0.1, 0.15) is 16.4 Å². The molecule has 1 nitrogen and oxygen atoms in total. The van der Waals surface area contributed by atoms with E-state index in [1.54, 1.807) is 11.3 Å². The van der Waals surface area contributed by atoms with Crippen molar-refractivity contribution >= 4 is 22.9 Å². The molecule has 18 heavy (non-hydrogen) atoms. The second kappa shape index (κ2) is 6.32. The average Bonchev–Trinajstić information content (AvgIpc) is 2.75. The molecule has 1 N–H and O–H groups in total. The zero-order valence-corrected chi connectivity index (χ0v) is 11.7. The van der Waals surface area contributed by atoms with Gasteiger partial charge in [0.2, 0.25) is 0 Å². The maximum atomic E-state index is 12.9. The van der Waals surface area contributed by atoms with Crippen LogP contribution in [-0.2, 0) is 6.42 Å². The summed E-state index contributed by atoms with van der Waals surface area (Å²) in [6.07, 6.45) is 0.920. The minimum atomic E-state index is -0.193. The normalized spacial score (nSPS) is 12.6. The first-order valence-electron chi connectivity index (χ1n) is 5.83. The fourth-order valence-electron chi connectivity index (χ4n) is 1.99. The maximum Gasteiger partial charge on any atom is 0.123 e. The van der Waals surface area contributed by atoms with Crippen LogP contribution in [0.5, 0.6) is 0 Å². The zero-order chi connectivity index (χ0) is 13.0. The van der Waals surface area contributed by atoms with E-state index >= 15 is 0 Å². The van der Waals surface area contributed by atoms with E-state index in [4.69, 9.17) is 11.6 Å². The summed E-state index contributed by atoms with van der Waals surface area (Å²) in [4.78, 5) is 1.25. The highest BCUT2D eigenvalue weighted by atomic mass is 35.5. The Morgan fingerprint density at radius 3 is 2.50 bits per heavy atom. The van der Waals surface area contributed by atoms with Crippen LogP contribution in [0.3, 0.4) is 0 Å². The molecule has 0 spiro atoms. The van der Waals surface area contributed by atoms with E-state index in [2.05, 4.69) is 11.4 Å². The number of hydrogen-bond donors (Lipinski definition) is 1. The molecule has 0 fully saturated rings. The molecule has 0 radical (unpaired) electrons. The summed E-state index contributed by atoms with van der Waals surface area (Å²) in [5.74, 6) is 0.145. The van der Waals surface area contributed by atoms with E-state index in [1.165, 1.54) is 17.0 Å². The highest BCUT2D eigenvalue weighted by molar-refractivity contribution is 7.16. The Hall–Kier alpha value is -0.900. The molecule has 2 aromatic rings. The van der Waals surface area contributed by atoms with Gasteiger partial charge in [-0.1, -0.05) is 23.7 Å². The lowest BCUT2D eigenvalue weighted by Crippen LogP contribution is -2.18. The number of nitrogens with one attached hydrogen (secondary N) is 1. The van der Waals surface area contributed by atoms with Gasteiger partial charge in [-0.2, -0.15) is 0 Å². The standard InChI is InChI=1S/C14H15ClFNS/c1-17-9-11(8-13-6-7-14(15)18-13)10-2-4-12(16)5-3-10/h2-7,11,17H,8-9H2,1H3. The van der Waals surface area contributed by atoms with Crippen LogP contribution in [0.4, 0.5) is 4.39 Å². The van der Waals surface area contributed by atoms with Crippen molar-refractivity contribution in [2.45, 2.75) is 12.3 Å². The molecule has 1 heterocycles. The Morgan fingerprint density at radius 1 is 1.22 bits per heavy atom. The zero-order valence-electron chi connectivity index (χ0n) is 10.1. The predicted molar refractivity (Wildman–Crippen MR) is 76.1 cm³/mol. The van der Waals surface area contributed by atoms with Crippen molar-refractivity contribution in [1.82, 2.24) is 5.32 Å². The number of likely N-dealkylation sites (N-methyl/N-ethyl adjacent to an activating group) is 1. The smallest absolute Gasteiger partial charge is 0.123 e. The molecule has 0 saturated heterocycles. The molecule has 1 aromatic heterocycles. The van der Waals surface area contributed by atoms with Gasteiger partial charge in [-0.05, 0) is 43.3 Å². The van der Waals surface area contributed by atoms with Crippen LogP contribution >= 0.6 is 22.9 Å². The highest BCUT2D eigenvalue weighted by Crippen LogP contribution is 2.27. The van der Waals surface area contributed by atoms with Crippen molar-refractivity contribution in [1.29, 1.82) is 0 Å². The number of hydrogen-bond acceptors (Lipinski definition) is 2. The summed E-state index contributed by atoms with van der Waals surface area (Å²) < 4.78 is 13.7. The van der Waals surface area contributed by atoms with Crippen molar-refractivity contribution in [2.75, 3.05) is 13.6 Å². The lowest BCUT2D eigenvalue weighted by Gasteiger charge is -2.16. The van der Waals surface area contributed by atoms with Gasteiger partial charge in [-0.15, -0.1) is 11.3 Å². The SMILES string of the molecule is CNCC(Cc1ccc(Cl)s1)c1ccc(F)cc1. The maximum absolute atomic E-state index is 12.9. The molecule has 0 bridgehead atoms. The topological polar surface area (TPSA) is 12.0 Å². The third-order valence-corrected chi connectivity index (χ3v) is 4.12. The molecule has 0 aliphatic carbocycles. The predicted octanol–water partition coefficient (Wildman–Crippen LogP) is 4.09. The van der Waals surface area contributed by atoms with Gasteiger partial charge in [0.05, 0.1) is 4.34 Å². The van der Waals surface area contributed by atoms with Gasteiger partial charge in [0.1, 0.15) is 5.82 Å². The minimum absolute atomic E-state index is 0.193. The summed E-state index contributed by atoms with van der Waals surface area (Å²) in [5.41, 5.74) is 1.15. The number of rotatable bonds is 5. The van der Waals surface area contributed by atoms with Crippen LogP contribution in [0, 0.1) is 5.82 Å². The summed E-state index contributed by atoms with van der Waals surface area (Å²) in [6, 6.07) is 10.7. The summed E-state index contributed by atoms with van der Waals surface area (Å²) in [7, 11) is 1.93. The van der Waals surface area contributed by atoms with E-state index < -0.39 is 0 Å². The molecule has 1 aromatic carbocycles. The van der Waals surface area contributed by atoms with Crippen LogP contribution in [0.2, 0.25) is 4.34 Å². The molecule has 2 rings (SSSR count). The number of halogens is 2. The van der Waals surface area contributed by atoms with E-state index in [0.717, 1.165) is 22.9 Å². The quantitative estimate of drug-likeness (QED) is 0.872. The highest BCUT2D eigenvalue weighted by Gasteiger charge is 2.13. The third-order valence-electron chi connectivity index (χ3n) is 2.87. The van der Waals surface area contributed by atoms with Crippen molar-refractivity contribution in [3.05, 3.63) is 57.0 Å². The van der Waals surface area contributed by atoms with Crippen LogP contribution < -0.4 is 5.32 Å². The summed E-state index contributed by atoms with van der Waals surface area (Å²) in [6.45, 7) is 0.862. The van der Waals surface area contributed by atoms with Crippen LogP contribution in [0.15, 0.2) is 36.4 Å². The second-order valence-electron chi connectivity index (χ2n) is 4.22. The molecule has 4 heteroatoms. The van der Waals surface area contributed by atoms with Gasteiger partial charge < -0.3 is 5.32 Å². The molecule has 0 saturated carbocycles. The monoisotopic (exact) mass is 283 g/mol. The number of thiophene rings is 1. The van der Waals surface area contributed by atoms with E-state index in [-0.39, 0.29) is 5.82 Å². The Labute approximate surface area is 116 Å². The van der Waals surface area contributed by atoms with Gasteiger partial charge >= 0.3 is 0 Å². The third kappa shape index (κ3) is 3.55. The molecule has 1 unspecified atom stereocenters. The van der Waals surface area contributed by atoms with Crippen molar-refractivity contribution in [3.8, 4) is 0 Å². The van der Waals surface area contributed by atoms with Crippen molar-refractivity contribution in [3.63, 3.8) is 0 Å². The Balaban J connectivity index is 2.14. The van der Waals surface area contributed by atoms with Gasteiger partial charge in [0.15, 0.2) is 0 Å². The molecular weight excluding hydrogens is 269 g/mol. The van der Waals surface area contributed by atoms with E-state index in [1.807, 2.05) is 25.2 Å². The number of benzene rings is 1. The van der Waals surface area contributed by atoms with Crippen molar-refractivity contribution in [2.24, 2.45) is 0 Å². The van der Waals surface area contributed by atoms with E-state index in [9.17, 15) is 4.39 Å². The summed E-state index contributed by atoms with van der Waals surface area (Å²) in [5, 5.41) is 3.19. The average molecular weight is 284 g/mol. The Morgan fingerprint density at radius 2 is 1.94 bits per heavy atom. The van der Waals surface area contributed by atoms with Gasteiger partial charge in [-0.3, -0.25) is 0 Å².